The number of benzene rings is 1. The Hall–Kier alpha value is -1.63. The number of carbonyl (C=O) groups excluding carboxylic acids is 1. The molecule has 1 atom stereocenters. The van der Waals surface area contributed by atoms with Gasteiger partial charge in [-0.05, 0) is 37.1 Å². The van der Waals surface area contributed by atoms with Crippen LogP contribution in [0.2, 0.25) is 0 Å². The highest BCUT2D eigenvalue weighted by molar-refractivity contribution is 5.91. The molecule has 0 bridgehead atoms. The predicted octanol–water partition coefficient (Wildman–Crippen LogP) is 2.25. The van der Waals surface area contributed by atoms with E-state index in [-0.39, 0.29) is 30.7 Å². The van der Waals surface area contributed by atoms with Crippen LogP contribution in [0.5, 0.6) is 0 Å². The van der Waals surface area contributed by atoms with E-state index in [0.29, 0.717) is 19.0 Å². The molecule has 0 spiro atoms. The Kier molecular flexibility index (Phi) is 8.02. The molecule has 23 heavy (non-hydrogen) atoms. The molecule has 8 heteroatoms. The number of rotatable bonds is 5. The molecule has 2 heterocycles. The van der Waals surface area contributed by atoms with E-state index in [1.807, 2.05) is 24.3 Å². The quantitative estimate of drug-likeness (QED) is 0.860. The zero-order valence-electron chi connectivity index (χ0n) is 12.6. The Balaban J connectivity index is 0.00000132. The van der Waals surface area contributed by atoms with E-state index in [2.05, 4.69) is 20.7 Å². The highest BCUT2D eigenvalue weighted by atomic mass is 35.5. The molecular weight excluding hydrogens is 337 g/mol. The van der Waals surface area contributed by atoms with E-state index < -0.39 is 0 Å². The van der Waals surface area contributed by atoms with Crippen molar-refractivity contribution in [2.24, 2.45) is 0 Å². The Bertz CT molecular complexity index is 582. The molecule has 0 radical (unpaired) electrons. The molecule has 1 aromatic carbocycles. The molecule has 1 aliphatic rings. The third-order valence-electron chi connectivity index (χ3n) is 3.64. The van der Waals surface area contributed by atoms with Gasteiger partial charge < -0.3 is 10.6 Å². The summed E-state index contributed by atoms with van der Waals surface area (Å²) >= 11 is 0. The summed E-state index contributed by atoms with van der Waals surface area (Å²) in [5.74, 6) is 0.0680. The van der Waals surface area contributed by atoms with Crippen molar-refractivity contribution in [2.75, 3.05) is 11.9 Å². The van der Waals surface area contributed by atoms with Gasteiger partial charge in [-0.25, -0.2) is 9.67 Å². The minimum Gasteiger partial charge on any atom is -0.326 e. The van der Waals surface area contributed by atoms with Crippen molar-refractivity contribution < 1.29 is 4.79 Å². The van der Waals surface area contributed by atoms with Crippen molar-refractivity contribution in [3.8, 4) is 0 Å². The maximum Gasteiger partial charge on any atom is 0.225 e. The number of hydrogen-bond donors (Lipinski definition) is 2. The first-order valence-corrected chi connectivity index (χ1v) is 7.24. The van der Waals surface area contributed by atoms with Gasteiger partial charge in [0.1, 0.15) is 12.7 Å². The number of carbonyl (C=O) groups is 1. The SMILES string of the molecule is Cl.Cl.O=C(CC1CCCN1)Nc1ccc(Cn2cncn2)cc1. The fourth-order valence-corrected chi connectivity index (χ4v) is 2.56. The summed E-state index contributed by atoms with van der Waals surface area (Å²) in [6.07, 6.45) is 6.00. The minimum atomic E-state index is 0. The molecule has 1 saturated heterocycles. The van der Waals surface area contributed by atoms with Gasteiger partial charge in [0.05, 0.1) is 6.54 Å². The van der Waals surface area contributed by atoms with Crippen LogP contribution in [0.3, 0.4) is 0 Å². The van der Waals surface area contributed by atoms with Crippen molar-refractivity contribution >= 4 is 36.4 Å². The van der Waals surface area contributed by atoms with Crippen LogP contribution in [0.1, 0.15) is 24.8 Å². The molecule has 1 fully saturated rings. The van der Waals surface area contributed by atoms with Crippen molar-refractivity contribution in [3.63, 3.8) is 0 Å². The van der Waals surface area contributed by atoms with Crippen molar-refractivity contribution in [1.29, 1.82) is 0 Å². The van der Waals surface area contributed by atoms with E-state index in [0.717, 1.165) is 30.6 Å². The summed E-state index contributed by atoms with van der Waals surface area (Å²) in [5, 5.41) is 10.3. The summed E-state index contributed by atoms with van der Waals surface area (Å²) in [4.78, 5) is 15.8. The van der Waals surface area contributed by atoms with Crippen molar-refractivity contribution in [3.05, 3.63) is 42.5 Å². The standard InChI is InChI=1S/C15H19N5O.2ClH/c21-15(8-14-2-1-7-17-14)19-13-5-3-12(4-6-13)9-20-11-16-10-18-20;;/h3-6,10-11,14,17H,1-2,7-9H2,(H,19,21);2*1H. The van der Waals surface area contributed by atoms with Crippen LogP contribution >= 0.6 is 24.8 Å². The monoisotopic (exact) mass is 357 g/mol. The predicted molar refractivity (Wildman–Crippen MR) is 94.3 cm³/mol. The van der Waals surface area contributed by atoms with Gasteiger partial charge in [0.2, 0.25) is 5.91 Å². The normalized spacial score (nSPS) is 16.3. The Morgan fingerprint density at radius 3 is 2.70 bits per heavy atom. The van der Waals surface area contributed by atoms with Crippen molar-refractivity contribution in [2.45, 2.75) is 31.8 Å². The smallest absolute Gasteiger partial charge is 0.225 e. The van der Waals surface area contributed by atoms with E-state index in [1.54, 1.807) is 11.0 Å². The molecule has 126 valence electrons. The summed E-state index contributed by atoms with van der Waals surface area (Å²) in [5.41, 5.74) is 1.95. The van der Waals surface area contributed by atoms with Crippen LogP contribution < -0.4 is 10.6 Å². The lowest BCUT2D eigenvalue weighted by molar-refractivity contribution is -0.116. The molecule has 3 rings (SSSR count). The Morgan fingerprint density at radius 1 is 1.30 bits per heavy atom. The summed E-state index contributed by atoms with van der Waals surface area (Å²) < 4.78 is 1.76. The molecule has 1 amide bonds. The van der Waals surface area contributed by atoms with Gasteiger partial charge in [-0.15, -0.1) is 24.8 Å². The third-order valence-corrected chi connectivity index (χ3v) is 3.64. The van der Waals surface area contributed by atoms with Crippen LogP contribution in [0.15, 0.2) is 36.9 Å². The number of nitrogens with zero attached hydrogens (tertiary/aromatic N) is 3. The fourth-order valence-electron chi connectivity index (χ4n) is 2.56. The van der Waals surface area contributed by atoms with Crippen molar-refractivity contribution in [1.82, 2.24) is 20.1 Å². The summed E-state index contributed by atoms with van der Waals surface area (Å²) in [7, 11) is 0. The van der Waals surface area contributed by atoms with Gasteiger partial charge >= 0.3 is 0 Å². The molecule has 0 saturated carbocycles. The second-order valence-electron chi connectivity index (χ2n) is 5.34. The largest absolute Gasteiger partial charge is 0.326 e. The average molecular weight is 358 g/mol. The molecular formula is C15H21Cl2N5O. The molecule has 1 aromatic heterocycles. The average Bonchev–Trinajstić information content (AvgIpc) is 3.14. The van der Waals surface area contributed by atoms with Crippen LogP contribution in [0.25, 0.3) is 0 Å². The number of amides is 1. The molecule has 6 nitrogen and oxygen atoms in total. The lowest BCUT2D eigenvalue weighted by Gasteiger charge is -2.11. The number of aromatic nitrogens is 3. The number of nitrogens with one attached hydrogen (secondary N) is 2. The van der Waals surface area contributed by atoms with Gasteiger partial charge in [0, 0.05) is 18.2 Å². The van der Waals surface area contributed by atoms with E-state index in [4.69, 9.17) is 0 Å². The topological polar surface area (TPSA) is 71.8 Å². The lowest BCUT2D eigenvalue weighted by Crippen LogP contribution is -2.27. The highest BCUT2D eigenvalue weighted by Gasteiger charge is 2.17. The van der Waals surface area contributed by atoms with E-state index >= 15 is 0 Å². The first-order valence-electron chi connectivity index (χ1n) is 7.24. The van der Waals surface area contributed by atoms with Gasteiger partial charge in [0.25, 0.3) is 0 Å². The van der Waals surface area contributed by atoms with Crippen LogP contribution in [0, 0.1) is 0 Å². The molecule has 2 N–H and O–H groups in total. The first-order chi connectivity index (χ1) is 10.3. The second kappa shape index (κ2) is 9.50. The maximum absolute atomic E-state index is 11.9. The zero-order chi connectivity index (χ0) is 14.5. The third kappa shape index (κ3) is 5.82. The van der Waals surface area contributed by atoms with E-state index in [1.165, 1.54) is 6.33 Å². The van der Waals surface area contributed by atoms with E-state index in [9.17, 15) is 4.79 Å². The lowest BCUT2D eigenvalue weighted by atomic mass is 10.1. The number of hydrogen-bond acceptors (Lipinski definition) is 4. The van der Waals surface area contributed by atoms with Gasteiger partial charge in [-0.1, -0.05) is 12.1 Å². The van der Waals surface area contributed by atoms with Gasteiger partial charge in [-0.3, -0.25) is 4.79 Å². The fraction of sp³-hybridized carbons (Fsp3) is 0.400. The molecule has 2 aromatic rings. The Labute approximate surface area is 147 Å². The van der Waals surface area contributed by atoms with Crippen LogP contribution in [-0.4, -0.2) is 33.3 Å². The van der Waals surface area contributed by atoms with Crippen LogP contribution in [-0.2, 0) is 11.3 Å². The molecule has 1 unspecified atom stereocenters. The zero-order valence-corrected chi connectivity index (χ0v) is 14.3. The Morgan fingerprint density at radius 2 is 2.09 bits per heavy atom. The maximum atomic E-state index is 11.9. The van der Waals surface area contributed by atoms with Gasteiger partial charge in [0.15, 0.2) is 0 Å². The first kappa shape index (κ1) is 19.4. The van der Waals surface area contributed by atoms with Gasteiger partial charge in [-0.2, -0.15) is 5.10 Å². The highest BCUT2D eigenvalue weighted by Crippen LogP contribution is 2.13. The molecule has 1 aliphatic heterocycles. The summed E-state index contributed by atoms with van der Waals surface area (Å²) in [6.45, 7) is 1.70. The van der Waals surface area contributed by atoms with Crippen LogP contribution in [0.4, 0.5) is 5.69 Å². The second-order valence-corrected chi connectivity index (χ2v) is 5.34. The number of halogens is 2. The molecule has 0 aliphatic carbocycles. The number of anilines is 1. The summed E-state index contributed by atoms with van der Waals surface area (Å²) in [6, 6.07) is 8.16. The minimum absolute atomic E-state index is 0.